The van der Waals surface area contributed by atoms with Gasteiger partial charge in [0.05, 0.1) is 18.1 Å². The number of fused-ring (bicyclic) bond motifs is 5. The van der Waals surface area contributed by atoms with E-state index >= 15 is 0 Å². The van der Waals surface area contributed by atoms with Crippen molar-refractivity contribution in [3.63, 3.8) is 0 Å². The van der Waals surface area contributed by atoms with Gasteiger partial charge in [0.2, 0.25) is 0 Å². The predicted molar refractivity (Wildman–Crippen MR) is 132 cm³/mol. The Morgan fingerprint density at radius 2 is 1.47 bits per heavy atom. The van der Waals surface area contributed by atoms with Crippen LogP contribution in [-0.4, -0.2) is 28.6 Å². The van der Waals surface area contributed by atoms with Crippen LogP contribution in [0.2, 0.25) is 0 Å². The predicted octanol–water partition coefficient (Wildman–Crippen LogP) is 8.01. The van der Waals surface area contributed by atoms with Gasteiger partial charge in [0, 0.05) is 0 Å². The molecule has 4 aliphatic rings. The van der Waals surface area contributed by atoms with Crippen molar-refractivity contribution < 1.29 is 23.4 Å². The van der Waals surface area contributed by atoms with Gasteiger partial charge in [-0.05, 0) is 117 Å². The zero-order valence-corrected chi connectivity index (χ0v) is 22.5. The van der Waals surface area contributed by atoms with E-state index in [1.54, 1.807) is 0 Å². The summed E-state index contributed by atoms with van der Waals surface area (Å²) in [5.74, 6) is 0.523. The van der Waals surface area contributed by atoms with E-state index in [0.717, 1.165) is 51.4 Å². The van der Waals surface area contributed by atoms with Crippen LogP contribution in [0.25, 0.3) is 0 Å². The van der Waals surface area contributed by atoms with E-state index in [-0.39, 0.29) is 41.6 Å². The standard InChI is InChI=1S/C27H45F3O2.C2H6/c1-16(2)24(32)10-9-23(27(28,29)30)22-8-7-20-19-6-5-17-15-18(31)11-13-25(17,3)21(19)12-14-26(20,22)4;1-2/h16-24,31-32H,5-15H2,1-4H3;1-2H3. The van der Waals surface area contributed by atoms with Crippen LogP contribution >= 0.6 is 0 Å². The minimum absolute atomic E-state index is 0.00354. The van der Waals surface area contributed by atoms with Gasteiger partial charge in [-0.2, -0.15) is 13.2 Å². The number of alkyl halides is 3. The number of halogens is 3. The van der Waals surface area contributed by atoms with E-state index in [9.17, 15) is 23.4 Å². The van der Waals surface area contributed by atoms with Crippen molar-refractivity contribution in [3.8, 4) is 0 Å². The number of aliphatic hydroxyl groups is 2. The average Bonchev–Trinajstić information content (AvgIpc) is 3.11. The Morgan fingerprint density at radius 3 is 2.09 bits per heavy atom. The van der Waals surface area contributed by atoms with Crippen LogP contribution in [0.4, 0.5) is 13.2 Å². The molecule has 0 heterocycles. The lowest BCUT2D eigenvalue weighted by Crippen LogP contribution is -2.54. The second-order valence-electron chi connectivity index (χ2n) is 12.9. The fraction of sp³-hybridized carbons (Fsp3) is 1.00. The highest BCUT2D eigenvalue weighted by Crippen LogP contribution is 2.69. The molecule has 0 saturated heterocycles. The molecule has 0 radical (unpaired) electrons. The van der Waals surface area contributed by atoms with Crippen molar-refractivity contribution in [3.05, 3.63) is 0 Å². The maximum Gasteiger partial charge on any atom is 0.392 e. The minimum atomic E-state index is -4.20. The lowest BCUT2D eigenvalue weighted by atomic mass is 9.44. The molecule has 0 aromatic rings. The van der Waals surface area contributed by atoms with Crippen molar-refractivity contribution in [2.75, 3.05) is 0 Å². The van der Waals surface area contributed by atoms with Gasteiger partial charge in [-0.1, -0.05) is 41.5 Å². The smallest absolute Gasteiger partial charge is 0.392 e. The normalized spacial score (nSPS) is 43.8. The first-order valence-corrected chi connectivity index (χ1v) is 14.3. The molecule has 4 fully saturated rings. The van der Waals surface area contributed by atoms with E-state index in [2.05, 4.69) is 13.8 Å². The Bertz CT molecular complexity index is 664. The van der Waals surface area contributed by atoms with Crippen molar-refractivity contribution in [1.29, 1.82) is 0 Å². The molecule has 0 amide bonds. The van der Waals surface area contributed by atoms with Gasteiger partial charge in [0.15, 0.2) is 0 Å². The summed E-state index contributed by atoms with van der Waals surface area (Å²) in [7, 11) is 0. The van der Waals surface area contributed by atoms with Crippen LogP contribution in [-0.2, 0) is 0 Å². The second kappa shape index (κ2) is 10.6. The fourth-order valence-electron chi connectivity index (χ4n) is 9.21. The molecule has 4 aliphatic carbocycles. The molecule has 5 heteroatoms. The van der Waals surface area contributed by atoms with Crippen molar-refractivity contribution in [1.82, 2.24) is 0 Å². The zero-order valence-electron chi connectivity index (χ0n) is 22.5. The molecule has 2 nitrogen and oxygen atoms in total. The SMILES string of the molecule is CC.CC(C)C(O)CCC(C1CCC2C3CCC4CC(O)CCC4(C)C3CCC21C)C(F)(F)F. The number of hydrogen-bond acceptors (Lipinski definition) is 2. The summed E-state index contributed by atoms with van der Waals surface area (Å²) in [6.45, 7) is 12.4. The molecular weight excluding hydrogens is 437 g/mol. The first-order valence-electron chi connectivity index (χ1n) is 14.3. The van der Waals surface area contributed by atoms with Crippen LogP contribution in [0.5, 0.6) is 0 Å². The summed E-state index contributed by atoms with van der Waals surface area (Å²) in [4.78, 5) is 0. The average molecular weight is 489 g/mol. The third-order valence-electron chi connectivity index (χ3n) is 11.2. The monoisotopic (exact) mass is 488 g/mol. The summed E-state index contributed by atoms with van der Waals surface area (Å²) in [6, 6.07) is 0. The van der Waals surface area contributed by atoms with E-state index < -0.39 is 18.2 Å². The van der Waals surface area contributed by atoms with E-state index in [1.807, 2.05) is 27.7 Å². The lowest BCUT2D eigenvalue weighted by molar-refractivity contribution is -0.210. The van der Waals surface area contributed by atoms with Crippen LogP contribution in [0.15, 0.2) is 0 Å². The van der Waals surface area contributed by atoms with Gasteiger partial charge in [0.1, 0.15) is 0 Å². The Labute approximate surface area is 206 Å². The third-order valence-corrected chi connectivity index (χ3v) is 11.2. The lowest BCUT2D eigenvalue weighted by Gasteiger charge is -2.61. The highest BCUT2D eigenvalue weighted by molar-refractivity contribution is 5.10. The molecule has 0 aromatic heterocycles. The van der Waals surface area contributed by atoms with E-state index in [0.29, 0.717) is 30.1 Å². The summed E-state index contributed by atoms with van der Waals surface area (Å²) in [5.41, 5.74) is 0.0217. The summed E-state index contributed by atoms with van der Waals surface area (Å²) >= 11 is 0. The van der Waals surface area contributed by atoms with Crippen molar-refractivity contribution >= 4 is 0 Å². The van der Waals surface area contributed by atoms with E-state index in [1.165, 1.54) is 0 Å². The number of hydrogen-bond donors (Lipinski definition) is 2. The van der Waals surface area contributed by atoms with Crippen LogP contribution in [0.3, 0.4) is 0 Å². The molecule has 200 valence electrons. The minimum Gasteiger partial charge on any atom is -0.393 e. The zero-order chi connectivity index (χ0) is 25.5. The Kier molecular flexibility index (Phi) is 8.82. The van der Waals surface area contributed by atoms with Gasteiger partial charge in [0.25, 0.3) is 0 Å². The first kappa shape index (κ1) is 28.3. The largest absolute Gasteiger partial charge is 0.393 e. The van der Waals surface area contributed by atoms with E-state index in [4.69, 9.17) is 0 Å². The molecule has 0 bridgehead atoms. The molecule has 4 rings (SSSR count). The molecular formula is C29H51F3O2. The van der Waals surface area contributed by atoms with Gasteiger partial charge >= 0.3 is 6.18 Å². The number of aliphatic hydroxyl groups excluding tert-OH is 2. The fourth-order valence-corrected chi connectivity index (χ4v) is 9.21. The molecule has 4 saturated carbocycles. The highest BCUT2D eigenvalue weighted by Gasteiger charge is 2.63. The van der Waals surface area contributed by atoms with Crippen LogP contribution < -0.4 is 0 Å². The summed E-state index contributed by atoms with van der Waals surface area (Å²) < 4.78 is 42.9. The van der Waals surface area contributed by atoms with Crippen LogP contribution in [0, 0.1) is 52.3 Å². The molecule has 34 heavy (non-hydrogen) atoms. The topological polar surface area (TPSA) is 40.5 Å². The van der Waals surface area contributed by atoms with Crippen LogP contribution in [0.1, 0.15) is 112 Å². The number of rotatable bonds is 5. The first-order chi connectivity index (χ1) is 15.9. The van der Waals surface area contributed by atoms with Gasteiger partial charge < -0.3 is 10.2 Å². The third kappa shape index (κ3) is 5.08. The molecule has 0 aromatic carbocycles. The molecule has 10 atom stereocenters. The molecule has 0 aliphatic heterocycles. The molecule has 10 unspecified atom stereocenters. The van der Waals surface area contributed by atoms with Crippen molar-refractivity contribution in [2.45, 2.75) is 131 Å². The molecule has 0 spiro atoms. The molecule has 2 N–H and O–H groups in total. The maximum absolute atomic E-state index is 14.3. The van der Waals surface area contributed by atoms with Gasteiger partial charge in [-0.15, -0.1) is 0 Å². The maximum atomic E-state index is 14.3. The Hall–Kier alpha value is -0.290. The summed E-state index contributed by atoms with van der Waals surface area (Å²) in [6.07, 6.45) is 4.01. The second-order valence-corrected chi connectivity index (χ2v) is 12.9. The Balaban J connectivity index is 0.00000158. The van der Waals surface area contributed by atoms with Gasteiger partial charge in [-0.25, -0.2) is 0 Å². The van der Waals surface area contributed by atoms with Gasteiger partial charge in [-0.3, -0.25) is 0 Å². The quantitative estimate of drug-likeness (QED) is 0.411. The highest BCUT2D eigenvalue weighted by atomic mass is 19.4. The summed E-state index contributed by atoms with van der Waals surface area (Å²) in [5, 5.41) is 20.4. The Morgan fingerprint density at radius 1 is 0.853 bits per heavy atom. The van der Waals surface area contributed by atoms with Crippen molar-refractivity contribution in [2.24, 2.45) is 52.3 Å².